The SMILES string of the molecule is Cc1ccc(CNC(=O)c2cnc(N3CCCCC3)nc2C)cc1. The highest BCUT2D eigenvalue weighted by Gasteiger charge is 2.16. The van der Waals surface area contributed by atoms with Gasteiger partial charge in [-0.15, -0.1) is 0 Å². The summed E-state index contributed by atoms with van der Waals surface area (Å²) in [6.45, 7) is 6.42. The van der Waals surface area contributed by atoms with Gasteiger partial charge in [0, 0.05) is 25.8 Å². The number of aryl methyl sites for hydroxylation is 2. The molecule has 0 spiro atoms. The minimum absolute atomic E-state index is 0.127. The van der Waals surface area contributed by atoms with Crippen molar-refractivity contribution >= 4 is 11.9 Å². The quantitative estimate of drug-likeness (QED) is 0.939. The molecule has 5 nitrogen and oxygen atoms in total. The molecule has 0 bridgehead atoms. The van der Waals surface area contributed by atoms with Crippen molar-refractivity contribution in [2.75, 3.05) is 18.0 Å². The lowest BCUT2D eigenvalue weighted by molar-refractivity contribution is 0.0949. The van der Waals surface area contributed by atoms with Gasteiger partial charge in [0.05, 0.1) is 11.3 Å². The Balaban J connectivity index is 1.65. The molecule has 2 heterocycles. The molecular weight excluding hydrogens is 300 g/mol. The molecule has 2 aromatic rings. The van der Waals surface area contributed by atoms with Gasteiger partial charge in [-0.1, -0.05) is 29.8 Å². The Hall–Kier alpha value is -2.43. The molecule has 5 heteroatoms. The van der Waals surface area contributed by atoms with E-state index in [2.05, 4.69) is 20.2 Å². The number of carbonyl (C=O) groups is 1. The van der Waals surface area contributed by atoms with Gasteiger partial charge in [0.15, 0.2) is 0 Å². The molecule has 1 aliphatic heterocycles. The second-order valence-electron chi connectivity index (χ2n) is 6.39. The third kappa shape index (κ3) is 3.91. The third-order valence-corrected chi connectivity index (χ3v) is 4.42. The van der Waals surface area contributed by atoms with Crippen molar-refractivity contribution in [3.05, 3.63) is 52.8 Å². The molecule has 0 atom stereocenters. The molecular formula is C19H24N4O. The zero-order valence-electron chi connectivity index (χ0n) is 14.4. The molecule has 24 heavy (non-hydrogen) atoms. The number of nitrogens with zero attached hydrogens (tertiary/aromatic N) is 3. The van der Waals surface area contributed by atoms with E-state index in [0.29, 0.717) is 12.1 Å². The van der Waals surface area contributed by atoms with Gasteiger partial charge >= 0.3 is 0 Å². The number of carbonyl (C=O) groups excluding carboxylic acids is 1. The highest BCUT2D eigenvalue weighted by atomic mass is 16.1. The molecule has 1 aromatic carbocycles. The maximum atomic E-state index is 12.4. The van der Waals surface area contributed by atoms with Crippen molar-refractivity contribution in [2.45, 2.75) is 39.7 Å². The van der Waals surface area contributed by atoms with E-state index in [9.17, 15) is 4.79 Å². The standard InChI is InChI=1S/C19H24N4O/c1-14-6-8-16(9-7-14)12-20-18(24)17-13-21-19(22-15(17)2)23-10-4-3-5-11-23/h6-9,13H,3-5,10-12H2,1-2H3,(H,20,24). The van der Waals surface area contributed by atoms with Crippen LogP contribution in [0.5, 0.6) is 0 Å². The molecule has 0 unspecified atom stereocenters. The van der Waals surface area contributed by atoms with Crippen LogP contribution in [0.1, 0.15) is 46.4 Å². The normalized spacial score (nSPS) is 14.5. The number of aromatic nitrogens is 2. The number of piperidine rings is 1. The molecule has 1 saturated heterocycles. The van der Waals surface area contributed by atoms with E-state index in [0.717, 1.165) is 30.3 Å². The van der Waals surface area contributed by atoms with E-state index in [1.165, 1.54) is 24.8 Å². The number of amides is 1. The molecule has 0 radical (unpaired) electrons. The van der Waals surface area contributed by atoms with Crippen molar-refractivity contribution in [1.29, 1.82) is 0 Å². The summed E-state index contributed by atoms with van der Waals surface area (Å²) in [5.41, 5.74) is 3.56. The molecule has 0 saturated carbocycles. The van der Waals surface area contributed by atoms with Crippen LogP contribution in [0, 0.1) is 13.8 Å². The lowest BCUT2D eigenvalue weighted by Crippen LogP contribution is -2.31. The topological polar surface area (TPSA) is 58.1 Å². The van der Waals surface area contributed by atoms with Crippen LogP contribution < -0.4 is 10.2 Å². The van der Waals surface area contributed by atoms with Gasteiger partial charge in [0.25, 0.3) is 5.91 Å². The fraction of sp³-hybridized carbons (Fsp3) is 0.421. The first-order chi connectivity index (χ1) is 11.6. The Labute approximate surface area is 143 Å². The zero-order valence-corrected chi connectivity index (χ0v) is 14.4. The van der Waals surface area contributed by atoms with Crippen LogP contribution in [0.25, 0.3) is 0 Å². The van der Waals surface area contributed by atoms with Crippen LogP contribution in [0.15, 0.2) is 30.5 Å². The Kier molecular flexibility index (Phi) is 5.08. The third-order valence-electron chi connectivity index (χ3n) is 4.42. The van der Waals surface area contributed by atoms with Crippen molar-refractivity contribution in [3.63, 3.8) is 0 Å². The van der Waals surface area contributed by atoms with Gasteiger partial charge in [0.2, 0.25) is 5.95 Å². The Morgan fingerprint density at radius 3 is 2.50 bits per heavy atom. The van der Waals surface area contributed by atoms with Gasteiger partial charge < -0.3 is 10.2 Å². The van der Waals surface area contributed by atoms with Crippen molar-refractivity contribution < 1.29 is 4.79 Å². The molecule has 1 aliphatic rings. The van der Waals surface area contributed by atoms with Crippen LogP contribution in [-0.2, 0) is 6.54 Å². The summed E-state index contributed by atoms with van der Waals surface area (Å²) in [5.74, 6) is 0.612. The van der Waals surface area contributed by atoms with Crippen LogP contribution in [0.2, 0.25) is 0 Å². The summed E-state index contributed by atoms with van der Waals surface area (Å²) in [6.07, 6.45) is 5.29. The maximum Gasteiger partial charge on any atom is 0.254 e. The maximum absolute atomic E-state index is 12.4. The summed E-state index contributed by atoms with van der Waals surface area (Å²) in [6, 6.07) is 8.14. The van der Waals surface area contributed by atoms with E-state index in [1.807, 2.05) is 38.1 Å². The first-order valence-corrected chi connectivity index (χ1v) is 8.56. The van der Waals surface area contributed by atoms with Crippen molar-refractivity contribution in [2.24, 2.45) is 0 Å². The van der Waals surface area contributed by atoms with E-state index in [1.54, 1.807) is 6.20 Å². The van der Waals surface area contributed by atoms with Crippen LogP contribution in [-0.4, -0.2) is 29.0 Å². The predicted octanol–water partition coefficient (Wildman–Crippen LogP) is 3.01. The molecule has 1 amide bonds. The van der Waals surface area contributed by atoms with E-state index in [-0.39, 0.29) is 5.91 Å². The molecule has 1 fully saturated rings. The summed E-state index contributed by atoms with van der Waals surface area (Å²) in [7, 11) is 0. The van der Waals surface area contributed by atoms with Gasteiger partial charge in [-0.3, -0.25) is 4.79 Å². The minimum Gasteiger partial charge on any atom is -0.348 e. The highest BCUT2D eigenvalue weighted by molar-refractivity contribution is 5.94. The second kappa shape index (κ2) is 7.43. The number of benzene rings is 1. The summed E-state index contributed by atoms with van der Waals surface area (Å²) in [5, 5.41) is 2.94. The first kappa shape index (κ1) is 16.4. The number of anilines is 1. The lowest BCUT2D eigenvalue weighted by Gasteiger charge is -2.26. The van der Waals surface area contributed by atoms with Crippen LogP contribution in [0.4, 0.5) is 5.95 Å². The zero-order chi connectivity index (χ0) is 16.9. The summed E-state index contributed by atoms with van der Waals surface area (Å²) in [4.78, 5) is 23.5. The van der Waals surface area contributed by atoms with E-state index in [4.69, 9.17) is 0 Å². The van der Waals surface area contributed by atoms with Gasteiger partial charge in [-0.2, -0.15) is 0 Å². The largest absolute Gasteiger partial charge is 0.348 e. The van der Waals surface area contributed by atoms with Gasteiger partial charge in [-0.05, 0) is 38.7 Å². The lowest BCUT2D eigenvalue weighted by atomic mass is 10.1. The second-order valence-corrected chi connectivity index (χ2v) is 6.39. The fourth-order valence-corrected chi connectivity index (χ4v) is 2.91. The number of nitrogens with one attached hydrogen (secondary N) is 1. The van der Waals surface area contributed by atoms with Gasteiger partial charge in [0.1, 0.15) is 0 Å². The molecule has 126 valence electrons. The first-order valence-electron chi connectivity index (χ1n) is 8.56. The van der Waals surface area contributed by atoms with Crippen LogP contribution in [0.3, 0.4) is 0 Å². The van der Waals surface area contributed by atoms with E-state index >= 15 is 0 Å². The monoisotopic (exact) mass is 324 g/mol. The number of hydrogen-bond acceptors (Lipinski definition) is 4. The van der Waals surface area contributed by atoms with Crippen LogP contribution >= 0.6 is 0 Å². The van der Waals surface area contributed by atoms with E-state index < -0.39 is 0 Å². The Morgan fingerprint density at radius 1 is 1.12 bits per heavy atom. The average molecular weight is 324 g/mol. The fourth-order valence-electron chi connectivity index (χ4n) is 2.91. The molecule has 1 N–H and O–H groups in total. The van der Waals surface area contributed by atoms with Crippen molar-refractivity contribution in [3.8, 4) is 0 Å². The summed E-state index contributed by atoms with van der Waals surface area (Å²) >= 11 is 0. The summed E-state index contributed by atoms with van der Waals surface area (Å²) < 4.78 is 0. The Morgan fingerprint density at radius 2 is 1.83 bits per heavy atom. The minimum atomic E-state index is -0.127. The molecule has 3 rings (SSSR count). The smallest absolute Gasteiger partial charge is 0.254 e. The number of rotatable bonds is 4. The van der Waals surface area contributed by atoms with Gasteiger partial charge in [-0.25, -0.2) is 9.97 Å². The number of hydrogen-bond donors (Lipinski definition) is 1. The highest BCUT2D eigenvalue weighted by Crippen LogP contribution is 2.17. The predicted molar refractivity (Wildman–Crippen MR) is 95.2 cm³/mol. The molecule has 1 aromatic heterocycles. The van der Waals surface area contributed by atoms with Crippen molar-refractivity contribution in [1.82, 2.24) is 15.3 Å². The molecule has 0 aliphatic carbocycles. The Bertz CT molecular complexity index is 706. The average Bonchev–Trinajstić information content (AvgIpc) is 2.61.